The van der Waals surface area contributed by atoms with Crippen LogP contribution in [0.25, 0.3) is 0 Å². The molecule has 6 heteroatoms. The lowest BCUT2D eigenvalue weighted by Crippen LogP contribution is -2.15. The van der Waals surface area contributed by atoms with E-state index in [9.17, 15) is 4.79 Å². The summed E-state index contributed by atoms with van der Waals surface area (Å²) in [5.74, 6) is 0.670. The fraction of sp³-hybridized carbons (Fsp3) is 0.500. The first kappa shape index (κ1) is 15.4. The van der Waals surface area contributed by atoms with Gasteiger partial charge in [0.25, 0.3) is 0 Å². The summed E-state index contributed by atoms with van der Waals surface area (Å²) in [6.07, 6.45) is 4.01. The van der Waals surface area contributed by atoms with Crippen LogP contribution >= 0.6 is 23.2 Å². The Labute approximate surface area is 128 Å². The quantitative estimate of drug-likeness (QED) is 0.595. The minimum atomic E-state index is -0.174. The summed E-state index contributed by atoms with van der Waals surface area (Å²) in [6.45, 7) is 1.13. The zero-order valence-electron chi connectivity index (χ0n) is 11.1. The van der Waals surface area contributed by atoms with Crippen LogP contribution in [0, 0.1) is 5.92 Å². The van der Waals surface area contributed by atoms with E-state index in [2.05, 4.69) is 5.32 Å². The Bertz CT molecular complexity index is 467. The highest BCUT2D eigenvalue weighted by atomic mass is 35.5. The van der Waals surface area contributed by atoms with Crippen LogP contribution in [0.15, 0.2) is 12.1 Å². The number of rotatable bonds is 7. The molecule has 3 N–H and O–H groups in total. The van der Waals surface area contributed by atoms with Crippen molar-refractivity contribution in [2.45, 2.75) is 25.7 Å². The molecule has 4 nitrogen and oxygen atoms in total. The Morgan fingerprint density at radius 1 is 1.35 bits per heavy atom. The van der Waals surface area contributed by atoms with Crippen molar-refractivity contribution >= 4 is 40.5 Å². The van der Waals surface area contributed by atoms with Gasteiger partial charge in [0.2, 0.25) is 5.91 Å². The van der Waals surface area contributed by atoms with E-state index in [1.165, 1.54) is 12.8 Å². The van der Waals surface area contributed by atoms with Gasteiger partial charge in [-0.1, -0.05) is 36.0 Å². The molecule has 1 aliphatic rings. The van der Waals surface area contributed by atoms with E-state index in [1.54, 1.807) is 12.1 Å². The van der Waals surface area contributed by atoms with Gasteiger partial charge in [-0.2, -0.15) is 0 Å². The Balaban J connectivity index is 1.73. The number of hydrogen-bond donors (Lipinski definition) is 2. The Morgan fingerprint density at radius 3 is 2.75 bits per heavy atom. The number of halogens is 2. The summed E-state index contributed by atoms with van der Waals surface area (Å²) in [6, 6.07) is 3.09. The van der Waals surface area contributed by atoms with Gasteiger partial charge in [-0.3, -0.25) is 4.79 Å². The molecule has 1 saturated carbocycles. The summed E-state index contributed by atoms with van der Waals surface area (Å²) in [7, 11) is 0. The molecule has 0 atom stereocenters. The van der Waals surface area contributed by atoms with Gasteiger partial charge in [0.15, 0.2) is 0 Å². The summed E-state index contributed by atoms with van der Waals surface area (Å²) >= 11 is 11.8. The summed E-state index contributed by atoms with van der Waals surface area (Å²) in [5, 5.41) is 3.45. The van der Waals surface area contributed by atoms with Crippen molar-refractivity contribution in [3.05, 3.63) is 22.2 Å². The average Bonchev–Trinajstić information content (AvgIpc) is 3.17. The molecule has 2 rings (SSSR count). The number of carbonyl (C=O) groups excluding carboxylic acids is 1. The van der Waals surface area contributed by atoms with Crippen molar-refractivity contribution in [1.29, 1.82) is 0 Å². The molecule has 0 radical (unpaired) electrons. The number of nitrogens with two attached hydrogens (primary N) is 1. The molecule has 20 heavy (non-hydrogen) atoms. The molecule has 1 aromatic carbocycles. The standard InChI is InChI=1S/C14H18Cl2N2O2/c15-10-7-11(16)14(12(17)8-10)18-13(19)4-6-20-5-3-9-1-2-9/h7-9H,1-6,17H2,(H,18,19). The van der Waals surface area contributed by atoms with Crippen LogP contribution in [0.2, 0.25) is 10.0 Å². The van der Waals surface area contributed by atoms with Gasteiger partial charge in [-0.15, -0.1) is 0 Å². The predicted molar refractivity (Wildman–Crippen MR) is 82.3 cm³/mol. The molecule has 110 valence electrons. The number of ether oxygens (including phenoxy) is 1. The van der Waals surface area contributed by atoms with Crippen molar-refractivity contribution in [3.8, 4) is 0 Å². The molecule has 1 amide bonds. The van der Waals surface area contributed by atoms with Crippen molar-refractivity contribution in [2.24, 2.45) is 5.92 Å². The van der Waals surface area contributed by atoms with Gasteiger partial charge in [0.05, 0.1) is 29.4 Å². The number of benzene rings is 1. The lowest BCUT2D eigenvalue weighted by molar-refractivity contribution is -0.117. The number of nitrogens with one attached hydrogen (secondary N) is 1. The molecule has 0 heterocycles. The lowest BCUT2D eigenvalue weighted by Gasteiger charge is -2.11. The van der Waals surface area contributed by atoms with Crippen molar-refractivity contribution in [3.63, 3.8) is 0 Å². The van der Waals surface area contributed by atoms with Crippen LogP contribution < -0.4 is 11.1 Å². The van der Waals surface area contributed by atoms with Crippen molar-refractivity contribution in [2.75, 3.05) is 24.3 Å². The predicted octanol–water partition coefficient (Wildman–Crippen LogP) is 3.72. The van der Waals surface area contributed by atoms with Crippen molar-refractivity contribution in [1.82, 2.24) is 0 Å². The SMILES string of the molecule is Nc1cc(Cl)cc(Cl)c1NC(=O)CCOCCC1CC1. The van der Waals surface area contributed by atoms with E-state index in [0.29, 0.717) is 28.0 Å². The topological polar surface area (TPSA) is 64.3 Å². The normalized spacial score (nSPS) is 14.3. The molecule has 1 fully saturated rings. The highest BCUT2D eigenvalue weighted by Gasteiger charge is 2.20. The Hall–Kier alpha value is -0.970. The van der Waals surface area contributed by atoms with Crippen LogP contribution in [0.3, 0.4) is 0 Å². The lowest BCUT2D eigenvalue weighted by atomic mass is 10.2. The van der Waals surface area contributed by atoms with E-state index in [1.807, 2.05) is 0 Å². The summed E-state index contributed by atoms with van der Waals surface area (Å²) in [4.78, 5) is 11.8. The molecule has 0 spiro atoms. The molecular weight excluding hydrogens is 299 g/mol. The third-order valence-corrected chi connectivity index (χ3v) is 3.71. The first-order valence-corrected chi connectivity index (χ1v) is 7.44. The third kappa shape index (κ3) is 4.85. The van der Waals surface area contributed by atoms with Crippen LogP contribution in [-0.2, 0) is 9.53 Å². The summed E-state index contributed by atoms with van der Waals surface area (Å²) < 4.78 is 5.43. The largest absolute Gasteiger partial charge is 0.397 e. The Kier molecular flexibility index (Phi) is 5.52. The van der Waals surface area contributed by atoms with Gasteiger partial charge in [-0.05, 0) is 24.5 Å². The molecule has 0 bridgehead atoms. The van der Waals surface area contributed by atoms with Crippen LogP contribution in [0.5, 0.6) is 0 Å². The van der Waals surface area contributed by atoms with Crippen LogP contribution in [-0.4, -0.2) is 19.1 Å². The van der Waals surface area contributed by atoms with Gasteiger partial charge < -0.3 is 15.8 Å². The van der Waals surface area contributed by atoms with E-state index in [-0.39, 0.29) is 12.3 Å². The first-order valence-electron chi connectivity index (χ1n) is 6.68. The number of amides is 1. The smallest absolute Gasteiger partial charge is 0.226 e. The average molecular weight is 317 g/mol. The van der Waals surface area contributed by atoms with Gasteiger partial charge in [0.1, 0.15) is 0 Å². The molecule has 0 saturated heterocycles. The number of carbonyl (C=O) groups is 1. The maximum absolute atomic E-state index is 11.8. The van der Waals surface area contributed by atoms with E-state index in [0.717, 1.165) is 18.9 Å². The van der Waals surface area contributed by atoms with Gasteiger partial charge in [0, 0.05) is 11.6 Å². The van der Waals surface area contributed by atoms with Crippen LogP contribution in [0.1, 0.15) is 25.7 Å². The molecule has 0 aliphatic heterocycles. The molecule has 1 aliphatic carbocycles. The zero-order valence-corrected chi connectivity index (χ0v) is 12.6. The summed E-state index contributed by atoms with van der Waals surface area (Å²) in [5.41, 5.74) is 6.53. The second-order valence-corrected chi connectivity index (χ2v) is 5.84. The number of anilines is 2. The Morgan fingerprint density at radius 2 is 2.10 bits per heavy atom. The number of nitrogen functional groups attached to an aromatic ring is 1. The zero-order chi connectivity index (χ0) is 14.5. The molecular formula is C14H18Cl2N2O2. The van der Waals surface area contributed by atoms with Crippen molar-refractivity contribution < 1.29 is 9.53 Å². The molecule has 0 aromatic heterocycles. The fourth-order valence-electron chi connectivity index (χ4n) is 1.85. The van der Waals surface area contributed by atoms with Gasteiger partial charge in [-0.25, -0.2) is 0 Å². The van der Waals surface area contributed by atoms with E-state index in [4.69, 9.17) is 33.7 Å². The monoisotopic (exact) mass is 316 g/mol. The highest BCUT2D eigenvalue weighted by Crippen LogP contribution is 2.32. The first-order chi connectivity index (χ1) is 9.56. The maximum Gasteiger partial charge on any atom is 0.226 e. The maximum atomic E-state index is 11.8. The molecule has 1 aromatic rings. The van der Waals surface area contributed by atoms with E-state index >= 15 is 0 Å². The highest BCUT2D eigenvalue weighted by molar-refractivity contribution is 6.37. The second kappa shape index (κ2) is 7.16. The van der Waals surface area contributed by atoms with Crippen LogP contribution in [0.4, 0.5) is 11.4 Å². The third-order valence-electron chi connectivity index (χ3n) is 3.19. The number of hydrogen-bond acceptors (Lipinski definition) is 3. The van der Waals surface area contributed by atoms with E-state index < -0.39 is 0 Å². The van der Waals surface area contributed by atoms with Gasteiger partial charge >= 0.3 is 0 Å². The minimum Gasteiger partial charge on any atom is -0.397 e. The second-order valence-electron chi connectivity index (χ2n) is 4.99. The molecule has 0 unspecified atom stereocenters. The minimum absolute atomic E-state index is 0.174. The fourth-order valence-corrected chi connectivity index (χ4v) is 2.41.